The Morgan fingerprint density at radius 2 is 1.70 bits per heavy atom. The number of hydrogen-bond donors (Lipinski definition) is 2. The van der Waals surface area contributed by atoms with Crippen LogP contribution in [-0.2, 0) is 11.2 Å². The van der Waals surface area contributed by atoms with Crippen LogP contribution in [0.25, 0.3) is 10.9 Å². The third kappa shape index (κ3) is 3.49. The van der Waals surface area contributed by atoms with Gasteiger partial charge in [0.05, 0.1) is 11.9 Å². The van der Waals surface area contributed by atoms with Crippen LogP contribution in [-0.4, -0.2) is 21.8 Å². The SMILES string of the molecule is O=C(Cc1cccc2cccnc12)NNC(=O)c1ccccn1. The van der Waals surface area contributed by atoms with Crippen molar-refractivity contribution in [1.82, 2.24) is 20.8 Å². The van der Waals surface area contributed by atoms with Crippen LogP contribution in [0.1, 0.15) is 16.1 Å². The van der Waals surface area contributed by atoms with Gasteiger partial charge in [-0.3, -0.25) is 30.4 Å². The molecule has 3 rings (SSSR count). The van der Waals surface area contributed by atoms with E-state index < -0.39 is 5.91 Å². The summed E-state index contributed by atoms with van der Waals surface area (Å²) in [5, 5.41) is 0.968. The van der Waals surface area contributed by atoms with Gasteiger partial charge < -0.3 is 0 Å². The van der Waals surface area contributed by atoms with Crippen LogP contribution in [0.3, 0.4) is 0 Å². The molecule has 0 atom stereocenters. The summed E-state index contributed by atoms with van der Waals surface area (Å²) < 4.78 is 0. The van der Waals surface area contributed by atoms with E-state index in [2.05, 4.69) is 20.8 Å². The Labute approximate surface area is 132 Å². The molecule has 0 aliphatic heterocycles. The zero-order valence-corrected chi connectivity index (χ0v) is 12.2. The Bertz CT molecular complexity index is 844. The first-order valence-corrected chi connectivity index (χ1v) is 7.07. The van der Waals surface area contributed by atoms with Crippen LogP contribution >= 0.6 is 0 Å². The van der Waals surface area contributed by atoms with Crippen molar-refractivity contribution in [2.45, 2.75) is 6.42 Å². The van der Waals surface area contributed by atoms with Crippen molar-refractivity contribution in [3.05, 3.63) is 72.2 Å². The third-order valence-corrected chi connectivity index (χ3v) is 3.28. The molecule has 0 fully saturated rings. The van der Waals surface area contributed by atoms with Crippen LogP contribution in [0.5, 0.6) is 0 Å². The fourth-order valence-electron chi connectivity index (χ4n) is 2.21. The Balaban J connectivity index is 1.64. The van der Waals surface area contributed by atoms with E-state index >= 15 is 0 Å². The number of carbonyl (C=O) groups is 2. The Hall–Kier alpha value is -3.28. The van der Waals surface area contributed by atoms with E-state index in [1.807, 2.05) is 30.3 Å². The molecule has 1 aromatic carbocycles. The van der Waals surface area contributed by atoms with Crippen LogP contribution in [0.4, 0.5) is 0 Å². The summed E-state index contributed by atoms with van der Waals surface area (Å²) in [5.41, 5.74) is 6.55. The predicted octanol–water partition coefficient (Wildman–Crippen LogP) is 1.63. The fraction of sp³-hybridized carbons (Fsp3) is 0.0588. The number of hydrogen-bond acceptors (Lipinski definition) is 4. The summed E-state index contributed by atoms with van der Waals surface area (Å²) in [7, 11) is 0. The molecule has 0 spiro atoms. The highest BCUT2D eigenvalue weighted by molar-refractivity contribution is 5.94. The lowest BCUT2D eigenvalue weighted by Gasteiger charge is -2.08. The largest absolute Gasteiger partial charge is 0.288 e. The quantitative estimate of drug-likeness (QED) is 0.720. The molecule has 2 aromatic heterocycles. The molecule has 6 nitrogen and oxygen atoms in total. The Morgan fingerprint density at radius 1 is 0.870 bits per heavy atom. The second kappa shape index (κ2) is 6.65. The zero-order chi connectivity index (χ0) is 16.1. The molecule has 0 saturated carbocycles. The van der Waals surface area contributed by atoms with E-state index in [1.165, 1.54) is 6.20 Å². The molecular weight excluding hydrogens is 292 g/mol. The molecule has 114 valence electrons. The van der Waals surface area contributed by atoms with Crippen molar-refractivity contribution >= 4 is 22.7 Å². The third-order valence-electron chi connectivity index (χ3n) is 3.28. The molecule has 3 aromatic rings. The van der Waals surface area contributed by atoms with Gasteiger partial charge >= 0.3 is 0 Å². The molecule has 0 saturated heterocycles. The van der Waals surface area contributed by atoms with Gasteiger partial charge in [0.25, 0.3) is 5.91 Å². The summed E-state index contributed by atoms with van der Waals surface area (Å²) in [6, 6.07) is 14.4. The number of fused-ring (bicyclic) bond motifs is 1. The number of hydrazine groups is 1. The number of aromatic nitrogens is 2. The van der Waals surface area contributed by atoms with Crippen molar-refractivity contribution in [3.63, 3.8) is 0 Å². The van der Waals surface area contributed by atoms with E-state index in [0.717, 1.165) is 16.5 Å². The number of carbonyl (C=O) groups excluding carboxylic acids is 2. The number of para-hydroxylation sites is 1. The highest BCUT2D eigenvalue weighted by Gasteiger charge is 2.10. The number of rotatable bonds is 3. The van der Waals surface area contributed by atoms with Gasteiger partial charge in [-0.25, -0.2) is 0 Å². The lowest BCUT2D eigenvalue weighted by molar-refractivity contribution is -0.121. The second-order valence-corrected chi connectivity index (χ2v) is 4.89. The second-order valence-electron chi connectivity index (χ2n) is 4.89. The van der Waals surface area contributed by atoms with Gasteiger partial charge in [0.15, 0.2) is 0 Å². The molecule has 6 heteroatoms. The Morgan fingerprint density at radius 3 is 2.52 bits per heavy atom. The van der Waals surface area contributed by atoms with Gasteiger partial charge in [-0.05, 0) is 23.8 Å². The molecule has 0 radical (unpaired) electrons. The number of benzene rings is 1. The van der Waals surface area contributed by atoms with Crippen LogP contribution < -0.4 is 10.9 Å². The molecule has 2 amide bonds. The molecule has 0 bridgehead atoms. The summed E-state index contributed by atoms with van der Waals surface area (Å²) in [6.07, 6.45) is 3.32. The van der Waals surface area contributed by atoms with E-state index in [0.29, 0.717) is 0 Å². The van der Waals surface area contributed by atoms with Crippen LogP contribution in [0.15, 0.2) is 60.9 Å². The Kier molecular flexibility index (Phi) is 4.24. The standard InChI is InChI=1S/C17H14N4O2/c22-15(20-21-17(23)14-8-1-2-9-18-14)11-13-6-3-5-12-7-4-10-19-16(12)13/h1-10H,11H2,(H,20,22)(H,21,23). The normalized spacial score (nSPS) is 10.3. The smallest absolute Gasteiger partial charge is 0.273 e. The molecule has 2 N–H and O–H groups in total. The van der Waals surface area contributed by atoms with Crippen molar-refractivity contribution in [2.75, 3.05) is 0 Å². The van der Waals surface area contributed by atoms with Gasteiger partial charge in [-0.1, -0.05) is 30.3 Å². The predicted molar refractivity (Wildman–Crippen MR) is 85.3 cm³/mol. The average molecular weight is 306 g/mol. The molecule has 2 heterocycles. The van der Waals surface area contributed by atoms with Gasteiger partial charge in [0, 0.05) is 17.8 Å². The number of nitrogens with one attached hydrogen (secondary N) is 2. The molecule has 0 aliphatic rings. The maximum absolute atomic E-state index is 12.0. The zero-order valence-electron chi connectivity index (χ0n) is 12.2. The number of nitrogens with zero attached hydrogens (tertiary/aromatic N) is 2. The molecule has 0 aliphatic carbocycles. The summed E-state index contributed by atoms with van der Waals surface area (Å²) in [4.78, 5) is 32.0. The first-order chi connectivity index (χ1) is 11.2. The van der Waals surface area contributed by atoms with Crippen LogP contribution in [0, 0.1) is 0 Å². The van der Waals surface area contributed by atoms with Crippen molar-refractivity contribution < 1.29 is 9.59 Å². The van der Waals surface area contributed by atoms with Gasteiger partial charge in [-0.15, -0.1) is 0 Å². The van der Waals surface area contributed by atoms with E-state index in [-0.39, 0.29) is 18.0 Å². The first kappa shape index (κ1) is 14.6. The maximum Gasteiger partial charge on any atom is 0.288 e. The van der Waals surface area contributed by atoms with Gasteiger partial charge in [0.2, 0.25) is 5.91 Å². The monoisotopic (exact) mass is 306 g/mol. The van der Waals surface area contributed by atoms with Gasteiger partial charge in [0.1, 0.15) is 5.69 Å². The lowest BCUT2D eigenvalue weighted by Crippen LogP contribution is -2.42. The van der Waals surface area contributed by atoms with E-state index in [9.17, 15) is 9.59 Å². The minimum Gasteiger partial charge on any atom is -0.273 e. The molecular formula is C17H14N4O2. The minimum atomic E-state index is -0.463. The highest BCUT2D eigenvalue weighted by atomic mass is 16.2. The topological polar surface area (TPSA) is 84.0 Å². The van der Waals surface area contributed by atoms with Gasteiger partial charge in [-0.2, -0.15) is 0 Å². The van der Waals surface area contributed by atoms with Crippen molar-refractivity contribution in [1.29, 1.82) is 0 Å². The maximum atomic E-state index is 12.0. The average Bonchev–Trinajstić information content (AvgIpc) is 2.61. The molecule has 0 unspecified atom stereocenters. The summed E-state index contributed by atoms with van der Waals surface area (Å²) in [5.74, 6) is -0.789. The van der Waals surface area contributed by atoms with E-state index in [1.54, 1.807) is 24.4 Å². The fourth-order valence-corrected chi connectivity index (χ4v) is 2.21. The van der Waals surface area contributed by atoms with Crippen molar-refractivity contribution in [2.24, 2.45) is 0 Å². The minimum absolute atomic E-state index is 0.122. The lowest BCUT2D eigenvalue weighted by atomic mass is 10.1. The summed E-state index contributed by atoms with van der Waals surface area (Å²) in [6.45, 7) is 0. The number of amides is 2. The van der Waals surface area contributed by atoms with Crippen LogP contribution in [0.2, 0.25) is 0 Å². The first-order valence-electron chi connectivity index (χ1n) is 7.07. The summed E-state index contributed by atoms with van der Waals surface area (Å²) >= 11 is 0. The van der Waals surface area contributed by atoms with Crippen molar-refractivity contribution in [3.8, 4) is 0 Å². The number of pyridine rings is 2. The highest BCUT2D eigenvalue weighted by Crippen LogP contribution is 2.16. The van der Waals surface area contributed by atoms with E-state index in [4.69, 9.17) is 0 Å². The molecule has 23 heavy (non-hydrogen) atoms.